The summed E-state index contributed by atoms with van der Waals surface area (Å²) in [6.45, 7) is 6.38. The quantitative estimate of drug-likeness (QED) is 0.814. The zero-order valence-corrected chi connectivity index (χ0v) is 14.4. The van der Waals surface area contributed by atoms with Crippen molar-refractivity contribution in [2.75, 3.05) is 6.54 Å². The molecule has 4 heteroatoms. The van der Waals surface area contributed by atoms with Gasteiger partial charge >= 0.3 is 0 Å². The van der Waals surface area contributed by atoms with Crippen LogP contribution in [-0.2, 0) is 0 Å². The smallest absolute Gasteiger partial charge is 0.120 e. The van der Waals surface area contributed by atoms with Crippen LogP contribution < -0.4 is 10.1 Å². The zero-order chi connectivity index (χ0) is 17.5. The molecule has 2 atom stereocenters. The lowest BCUT2D eigenvalue weighted by Crippen LogP contribution is -2.24. The van der Waals surface area contributed by atoms with Gasteiger partial charge in [0.2, 0.25) is 0 Å². The summed E-state index contributed by atoms with van der Waals surface area (Å²) in [5.74, 6) is 0.760. The Balaban J connectivity index is 1.97. The summed E-state index contributed by atoms with van der Waals surface area (Å²) in [5.41, 5.74) is 2.48. The number of nitrogens with zero attached hydrogens (tertiary/aromatic N) is 1. The van der Waals surface area contributed by atoms with Crippen molar-refractivity contribution >= 4 is 0 Å². The Bertz CT molecular complexity index is 707. The third-order valence-electron chi connectivity index (χ3n) is 3.75. The van der Waals surface area contributed by atoms with Gasteiger partial charge in [-0.3, -0.25) is 0 Å². The Hall–Kier alpha value is -2.35. The Morgan fingerprint density at radius 2 is 1.79 bits per heavy atom. The lowest BCUT2D eigenvalue weighted by Gasteiger charge is -2.19. The van der Waals surface area contributed by atoms with Crippen molar-refractivity contribution in [3.05, 3.63) is 65.2 Å². The van der Waals surface area contributed by atoms with Crippen molar-refractivity contribution in [2.24, 2.45) is 0 Å². The van der Waals surface area contributed by atoms with Gasteiger partial charge in [-0.1, -0.05) is 24.3 Å². The highest BCUT2D eigenvalue weighted by molar-refractivity contribution is 5.34. The second-order valence-corrected chi connectivity index (χ2v) is 6.12. The maximum atomic E-state index is 10.4. The van der Waals surface area contributed by atoms with Crippen LogP contribution in [0.2, 0.25) is 0 Å². The first-order chi connectivity index (χ1) is 11.5. The Kier molecular flexibility index (Phi) is 6.36. The number of nitrogens with one attached hydrogen (secondary N) is 1. The molecule has 4 nitrogen and oxygen atoms in total. The molecule has 2 aromatic rings. The minimum Gasteiger partial charge on any atom is -0.491 e. The molecule has 0 spiro atoms. The number of aliphatic hydroxyl groups excluding tert-OH is 1. The van der Waals surface area contributed by atoms with E-state index in [2.05, 4.69) is 11.4 Å². The van der Waals surface area contributed by atoms with Gasteiger partial charge in [-0.25, -0.2) is 0 Å². The second-order valence-electron chi connectivity index (χ2n) is 6.12. The van der Waals surface area contributed by atoms with Crippen molar-refractivity contribution < 1.29 is 9.84 Å². The first-order valence-corrected chi connectivity index (χ1v) is 8.17. The molecule has 2 unspecified atom stereocenters. The summed E-state index contributed by atoms with van der Waals surface area (Å²) >= 11 is 0. The van der Waals surface area contributed by atoms with Crippen LogP contribution in [0.25, 0.3) is 0 Å². The predicted molar refractivity (Wildman–Crippen MR) is 94.7 cm³/mol. The third-order valence-corrected chi connectivity index (χ3v) is 3.75. The molecule has 0 aliphatic heterocycles. The molecule has 0 radical (unpaired) electrons. The van der Waals surface area contributed by atoms with E-state index in [0.717, 1.165) is 16.9 Å². The molecular weight excluding hydrogens is 300 g/mol. The van der Waals surface area contributed by atoms with Gasteiger partial charge in [0.15, 0.2) is 0 Å². The Labute approximate surface area is 143 Å². The molecule has 0 heterocycles. The van der Waals surface area contributed by atoms with Crippen LogP contribution in [-0.4, -0.2) is 17.8 Å². The van der Waals surface area contributed by atoms with Gasteiger partial charge in [-0.15, -0.1) is 0 Å². The van der Waals surface area contributed by atoms with Crippen LogP contribution >= 0.6 is 0 Å². The molecule has 2 rings (SSSR count). The van der Waals surface area contributed by atoms with E-state index >= 15 is 0 Å². The van der Waals surface area contributed by atoms with Crippen LogP contribution in [0.4, 0.5) is 0 Å². The molecule has 2 N–H and O–H groups in total. The highest BCUT2D eigenvalue weighted by atomic mass is 16.5. The lowest BCUT2D eigenvalue weighted by molar-refractivity contribution is 0.169. The molecular formula is C20H24N2O2. The summed E-state index contributed by atoms with van der Waals surface area (Å²) < 4.78 is 5.66. The van der Waals surface area contributed by atoms with Crippen LogP contribution in [0.5, 0.6) is 5.75 Å². The first-order valence-electron chi connectivity index (χ1n) is 8.17. The van der Waals surface area contributed by atoms with Crippen molar-refractivity contribution in [3.8, 4) is 11.8 Å². The summed E-state index contributed by atoms with van der Waals surface area (Å²) in [4.78, 5) is 0. The van der Waals surface area contributed by atoms with Crippen molar-refractivity contribution in [2.45, 2.75) is 39.0 Å². The van der Waals surface area contributed by atoms with Crippen LogP contribution in [0.1, 0.15) is 49.6 Å². The maximum Gasteiger partial charge on any atom is 0.120 e. The molecule has 0 saturated carbocycles. The van der Waals surface area contributed by atoms with E-state index in [1.54, 1.807) is 6.07 Å². The van der Waals surface area contributed by atoms with E-state index in [1.165, 1.54) is 0 Å². The Morgan fingerprint density at radius 1 is 1.08 bits per heavy atom. The minimum absolute atomic E-state index is 0.0445. The second kappa shape index (κ2) is 8.49. The van der Waals surface area contributed by atoms with E-state index in [4.69, 9.17) is 10.00 Å². The van der Waals surface area contributed by atoms with Gasteiger partial charge in [-0.05, 0) is 56.2 Å². The molecule has 0 aliphatic carbocycles. The molecule has 0 aromatic heterocycles. The van der Waals surface area contributed by atoms with E-state index in [-0.39, 0.29) is 12.1 Å². The molecule has 24 heavy (non-hydrogen) atoms. The predicted octanol–water partition coefficient (Wildman–Crippen LogP) is 3.73. The summed E-state index contributed by atoms with van der Waals surface area (Å²) in [5, 5.41) is 22.7. The minimum atomic E-state index is -0.623. The van der Waals surface area contributed by atoms with Crippen LogP contribution in [0, 0.1) is 11.3 Å². The molecule has 0 aliphatic rings. The van der Waals surface area contributed by atoms with Gasteiger partial charge < -0.3 is 15.2 Å². The Morgan fingerprint density at radius 3 is 2.50 bits per heavy atom. The average Bonchev–Trinajstić information content (AvgIpc) is 2.59. The number of hydrogen-bond donors (Lipinski definition) is 2. The van der Waals surface area contributed by atoms with Gasteiger partial charge in [-0.2, -0.15) is 5.26 Å². The van der Waals surface area contributed by atoms with Gasteiger partial charge in [0.1, 0.15) is 5.75 Å². The number of benzene rings is 2. The zero-order valence-electron chi connectivity index (χ0n) is 14.4. The summed E-state index contributed by atoms with van der Waals surface area (Å²) in [7, 11) is 0. The number of hydrogen-bond acceptors (Lipinski definition) is 4. The van der Waals surface area contributed by atoms with E-state index in [0.29, 0.717) is 12.1 Å². The molecule has 0 bridgehead atoms. The molecule has 2 aromatic carbocycles. The topological polar surface area (TPSA) is 65.3 Å². The molecule has 126 valence electrons. The molecule has 0 amide bonds. The highest BCUT2D eigenvalue weighted by Crippen LogP contribution is 2.21. The fourth-order valence-corrected chi connectivity index (χ4v) is 2.47. The fourth-order valence-electron chi connectivity index (χ4n) is 2.47. The summed E-state index contributed by atoms with van der Waals surface area (Å²) in [6.07, 6.45) is -0.523. The van der Waals surface area contributed by atoms with Crippen LogP contribution in [0.3, 0.4) is 0 Å². The number of rotatable bonds is 7. The van der Waals surface area contributed by atoms with E-state index < -0.39 is 6.10 Å². The van der Waals surface area contributed by atoms with Gasteiger partial charge in [0.05, 0.1) is 23.8 Å². The van der Waals surface area contributed by atoms with Crippen molar-refractivity contribution in [1.29, 1.82) is 5.26 Å². The largest absolute Gasteiger partial charge is 0.491 e. The normalized spacial score (nSPS) is 13.3. The number of ether oxygens (including phenoxy) is 1. The molecule has 0 fully saturated rings. The maximum absolute atomic E-state index is 10.4. The monoisotopic (exact) mass is 324 g/mol. The van der Waals surface area contributed by atoms with E-state index in [1.807, 2.05) is 63.2 Å². The lowest BCUT2D eigenvalue weighted by atomic mass is 10.0. The SMILES string of the molecule is CC(C)Oc1cccc(C(O)CNC(C)c2cccc(C#N)c2)c1. The van der Waals surface area contributed by atoms with E-state index in [9.17, 15) is 5.11 Å². The first kappa shape index (κ1) is 18.0. The summed E-state index contributed by atoms with van der Waals surface area (Å²) in [6, 6.07) is 17.2. The van der Waals surface area contributed by atoms with Gasteiger partial charge in [0.25, 0.3) is 0 Å². The third kappa shape index (κ3) is 5.09. The fraction of sp³-hybridized carbons (Fsp3) is 0.350. The highest BCUT2D eigenvalue weighted by Gasteiger charge is 2.12. The standard InChI is InChI=1S/C20H24N2O2/c1-14(2)24-19-9-5-8-18(11-19)20(23)13-22-15(3)17-7-4-6-16(10-17)12-21/h4-11,14-15,20,22-23H,13H2,1-3H3. The van der Waals surface area contributed by atoms with Crippen LogP contribution in [0.15, 0.2) is 48.5 Å². The van der Waals surface area contributed by atoms with Gasteiger partial charge in [0, 0.05) is 12.6 Å². The average molecular weight is 324 g/mol. The van der Waals surface area contributed by atoms with Crippen molar-refractivity contribution in [1.82, 2.24) is 5.32 Å². The molecule has 0 saturated heterocycles. The van der Waals surface area contributed by atoms with Crippen molar-refractivity contribution in [3.63, 3.8) is 0 Å². The number of aliphatic hydroxyl groups is 1. The number of nitriles is 1.